The zero-order valence-corrected chi connectivity index (χ0v) is 18.4. The third-order valence-corrected chi connectivity index (χ3v) is 7.06. The van der Waals surface area contributed by atoms with Gasteiger partial charge in [-0.05, 0) is 62.2 Å². The second-order valence-corrected chi connectivity index (χ2v) is 8.93. The molecule has 0 aliphatic heterocycles. The second-order valence-electron chi connectivity index (χ2n) is 7.04. The first-order chi connectivity index (χ1) is 14.3. The van der Waals surface area contributed by atoms with E-state index in [2.05, 4.69) is 5.32 Å². The van der Waals surface area contributed by atoms with Crippen LogP contribution in [0, 0.1) is 13.8 Å². The highest BCUT2D eigenvalue weighted by molar-refractivity contribution is 7.91. The molecule has 0 fully saturated rings. The molecule has 158 valence electrons. The van der Waals surface area contributed by atoms with Gasteiger partial charge in [0.2, 0.25) is 9.84 Å². The average Bonchev–Trinajstić information content (AvgIpc) is 2.99. The van der Waals surface area contributed by atoms with Crippen molar-refractivity contribution in [2.45, 2.75) is 43.5 Å². The maximum atomic E-state index is 13.6. The van der Waals surface area contributed by atoms with Gasteiger partial charge in [0, 0.05) is 17.8 Å². The van der Waals surface area contributed by atoms with E-state index in [0.29, 0.717) is 29.2 Å². The van der Waals surface area contributed by atoms with Crippen LogP contribution in [0.2, 0.25) is 0 Å². The van der Waals surface area contributed by atoms with E-state index in [1.807, 2.05) is 24.5 Å². The van der Waals surface area contributed by atoms with Crippen LogP contribution in [0.3, 0.4) is 0 Å². The van der Waals surface area contributed by atoms with Crippen molar-refractivity contribution in [1.29, 1.82) is 0 Å². The molecule has 0 saturated heterocycles. The summed E-state index contributed by atoms with van der Waals surface area (Å²) in [7, 11) is -2.34. The topological polar surface area (TPSA) is 77.4 Å². The fourth-order valence-corrected chi connectivity index (χ4v) is 5.13. The number of methoxy groups -OCH3 is 1. The highest BCUT2D eigenvalue weighted by Crippen LogP contribution is 2.36. The van der Waals surface area contributed by atoms with E-state index in [1.54, 1.807) is 43.3 Å². The Morgan fingerprint density at radius 2 is 1.67 bits per heavy atom. The molecule has 6 nitrogen and oxygen atoms in total. The second kappa shape index (κ2) is 8.75. The number of aromatic nitrogens is 1. The molecule has 3 rings (SSSR count). The van der Waals surface area contributed by atoms with Gasteiger partial charge in [-0.25, -0.2) is 8.42 Å². The van der Waals surface area contributed by atoms with Crippen molar-refractivity contribution in [3.63, 3.8) is 0 Å². The van der Waals surface area contributed by atoms with Crippen molar-refractivity contribution in [3.8, 4) is 5.75 Å². The molecule has 30 heavy (non-hydrogen) atoms. The first kappa shape index (κ1) is 21.6. The van der Waals surface area contributed by atoms with Crippen LogP contribution in [-0.2, 0) is 16.4 Å². The van der Waals surface area contributed by atoms with Crippen LogP contribution in [0.4, 0.5) is 5.82 Å². The summed E-state index contributed by atoms with van der Waals surface area (Å²) in [6, 6.07) is 15.0. The van der Waals surface area contributed by atoms with Gasteiger partial charge in [0.15, 0.2) is 0 Å². The lowest BCUT2D eigenvalue weighted by atomic mass is 10.2. The normalized spacial score (nSPS) is 11.3. The van der Waals surface area contributed by atoms with Gasteiger partial charge in [0.25, 0.3) is 5.91 Å². The Balaban J connectivity index is 2.15. The van der Waals surface area contributed by atoms with Crippen molar-refractivity contribution in [2.75, 3.05) is 12.4 Å². The Labute approximate surface area is 177 Å². The molecule has 2 aromatic carbocycles. The van der Waals surface area contributed by atoms with Gasteiger partial charge in [0.05, 0.1) is 12.0 Å². The molecule has 1 N–H and O–H groups in total. The zero-order chi connectivity index (χ0) is 21.9. The van der Waals surface area contributed by atoms with Crippen molar-refractivity contribution < 1.29 is 17.9 Å². The molecule has 0 unspecified atom stereocenters. The van der Waals surface area contributed by atoms with Crippen LogP contribution in [0.25, 0.3) is 0 Å². The molecule has 3 aromatic rings. The first-order valence-corrected chi connectivity index (χ1v) is 11.2. The Morgan fingerprint density at radius 3 is 2.23 bits per heavy atom. The van der Waals surface area contributed by atoms with Crippen molar-refractivity contribution in [1.82, 2.24) is 4.57 Å². The molecular formula is C23H26N2O4S. The molecule has 1 amide bonds. The molecular weight excluding hydrogens is 400 g/mol. The minimum atomic E-state index is -3.86. The summed E-state index contributed by atoms with van der Waals surface area (Å²) in [6.07, 6.45) is 0.797. The fourth-order valence-electron chi connectivity index (χ4n) is 3.43. The number of benzene rings is 2. The molecule has 0 aliphatic carbocycles. The van der Waals surface area contributed by atoms with E-state index in [1.165, 1.54) is 19.2 Å². The van der Waals surface area contributed by atoms with Crippen LogP contribution >= 0.6 is 0 Å². The number of anilines is 1. The maximum absolute atomic E-state index is 13.6. The monoisotopic (exact) mass is 426 g/mol. The average molecular weight is 427 g/mol. The number of carbonyl (C=O) groups excluding carboxylic acids is 1. The zero-order valence-electron chi connectivity index (χ0n) is 17.6. The van der Waals surface area contributed by atoms with E-state index in [9.17, 15) is 13.2 Å². The molecule has 0 spiro atoms. The molecule has 0 radical (unpaired) electrons. The fraction of sp³-hybridized carbons (Fsp3) is 0.261. The Morgan fingerprint density at radius 1 is 1.03 bits per heavy atom. The van der Waals surface area contributed by atoms with Gasteiger partial charge in [0.1, 0.15) is 16.5 Å². The summed E-state index contributed by atoms with van der Waals surface area (Å²) in [4.78, 5) is 13.1. The van der Waals surface area contributed by atoms with Gasteiger partial charge in [-0.15, -0.1) is 0 Å². The molecule has 1 heterocycles. The van der Waals surface area contributed by atoms with Crippen LogP contribution < -0.4 is 10.1 Å². The van der Waals surface area contributed by atoms with Crippen molar-refractivity contribution in [3.05, 3.63) is 71.4 Å². The SMILES string of the molecule is CCCn1c(C)c(C)c(S(=O)(=O)c2ccc(OC)cc2)c1NC(=O)c1ccccc1. The van der Waals surface area contributed by atoms with Crippen LogP contribution in [0.5, 0.6) is 5.75 Å². The van der Waals surface area contributed by atoms with Crippen LogP contribution in [0.1, 0.15) is 35.0 Å². The summed E-state index contributed by atoms with van der Waals surface area (Å²) in [5, 5.41) is 2.86. The number of carbonyl (C=O) groups is 1. The Bertz CT molecular complexity index is 1150. The van der Waals surface area contributed by atoms with Gasteiger partial charge < -0.3 is 14.6 Å². The number of sulfone groups is 1. The summed E-state index contributed by atoms with van der Waals surface area (Å²) >= 11 is 0. The Hall–Kier alpha value is -3.06. The van der Waals surface area contributed by atoms with Gasteiger partial charge in [-0.3, -0.25) is 4.79 Å². The number of amides is 1. The van der Waals surface area contributed by atoms with E-state index in [0.717, 1.165) is 12.1 Å². The predicted octanol–water partition coefficient (Wildman–Crippen LogP) is 4.61. The Kier molecular flexibility index (Phi) is 6.31. The van der Waals surface area contributed by atoms with Gasteiger partial charge in [-0.2, -0.15) is 0 Å². The molecule has 7 heteroatoms. The third-order valence-electron chi connectivity index (χ3n) is 5.13. The minimum Gasteiger partial charge on any atom is -0.497 e. The first-order valence-electron chi connectivity index (χ1n) is 9.76. The molecule has 0 atom stereocenters. The van der Waals surface area contributed by atoms with Crippen molar-refractivity contribution in [2.24, 2.45) is 0 Å². The summed E-state index contributed by atoms with van der Waals surface area (Å²) < 4.78 is 34.1. The lowest BCUT2D eigenvalue weighted by Crippen LogP contribution is -2.18. The smallest absolute Gasteiger partial charge is 0.256 e. The highest BCUT2D eigenvalue weighted by Gasteiger charge is 2.30. The lowest BCUT2D eigenvalue weighted by Gasteiger charge is -2.14. The van der Waals surface area contributed by atoms with Crippen LogP contribution in [-0.4, -0.2) is 26.0 Å². The molecule has 0 saturated carbocycles. The molecule has 0 bridgehead atoms. The summed E-state index contributed by atoms with van der Waals surface area (Å²) in [5.74, 6) is 0.524. The lowest BCUT2D eigenvalue weighted by molar-refractivity contribution is 0.102. The summed E-state index contributed by atoms with van der Waals surface area (Å²) in [5.41, 5.74) is 1.90. The number of ether oxygens (including phenoxy) is 1. The number of rotatable bonds is 7. The van der Waals surface area contributed by atoms with Gasteiger partial charge >= 0.3 is 0 Å². The quantitative estimate of drug-likeness (QED) is 0.599. The number of hydrogen-bond donors (Lipinski definition) is 1. The largest absolute Gasteiger partial charge is 0.497 e. The van der Waals surface area contributed by atoms with Crippen molar-refractivity contribution >= 4 is 21.6 Å². The van der Waals surface area contributed by atoms with E-state index in [4.69, 9.17) is 4.74 Å². The highest BCUT2D eigenvalue weighted by atomic mass is 32.2. The van der Waals surface area contributed by atoms with E-state index < -0.39 is 9.84 Å². The van der Waals surface area contributed by atoms with Crippen LogP contribution in [0.15, 0.2) is 64.4 Å². The minimum absolute atomic E-state index is 0.128. The number of hydrogen-bond acceptors (Lipinski definition) is 4. The summed E-state index contributed by atoms with van der Waals surface area (Å²) in [6.45, 7) is 6.25. The van der Waals surface area contributed by atoms with E-state index >= 15 is 0 Å². The third kappa shape index (κ3) is 3.98. The standard InChI is InChI=1S/C23H26N2O4S/c1-5-15-25-17(3)16(2)21(22(25)24-23(26)18-9-7-6-8-10-18)30(27,28)20-13-11-19(29-4)12-14-20/h6-14H,5,15H2,1-4H3,(H,24,26). The number of nitrogens with one attached hydrogen (secondary N) is 1. The van der Waals surface area contributed by atoms with E-state index in [-0.39, 0.29) is 15.7 Å². The van der Waals surface area contributed by atoms with Gasteiger partial charge in [-0.1, -0.05) is 25.1 Å². The molecule has 1 aromatic heterocycles. The predicted molar refractivity (Wildman–Crippen MR) is 117 cm³/mol. The number of nitrogens with zero attached hydrogens (tertiary/aromatic N) is 1. The molecule has 0 aliphatic rings. The maximum Gasteiger partial charge on any atom is 0.256 e.